The number of hydrogen-bond acceptors (Lipinski definition) is 7. The first-order valence-corrected chi connectivity index (χ1v) is 13.6. The molecule has 1 amide bonds. The molecule has 0 spiro atoms. The maximum Gasteiger partial charge on any atom is 0.348 e. The minimum atomic E-state index is -3.88. The third-order valence-corrected chi connectivity index (χ3v) is 8.90. The van der Waals surface area contributed by atoms with Gasteiger partial charge in [-0.15, -0.1) is 11.3 Å². The Bertz CT molecular complexity index is 1520. The average molecular weight is 539 g/mol. The Balaban J connectivity index is 1.60. The zero-order valence-corrected chi connectivity index (χ0v) is 22.1. The summed E-state index contributed by atoms with van der Waals surface area (Å²) in [5.74, 6) is -0.161. The number of benzene rings is 3. The Kier molecular flexibility index (Phi) is 7.91. The second-order valence-corrected chi connectivity index (χ2v) is 11.3. The maximum absolute atomic E-state index is 13.4. The third kappa shape index (κ3) is 5.82. The molecule has 4 rings (SSSR count). The molecule has 1 aromatic heterocycles. The molecule has 0 saturated carbocycles. The zero-order chi connectivity index (χ0) is 26.6. The van der Waals surface area contributed by atoms with E-state index in [1.165, 1.54) is 41.9 Å². The largest absolute Gasteiger partial charge is 0.497 e. The van der Waals surface area contributed by atoms with E-state index in [1.807, 2.05) is 6.07 Å². The number of ether oxygens (including phenoxy) is 2. The van der Waals surface area contributed by atoms with Gasteiger partial charge in [0.25, 0.3) is 0 Å². The highest BCUT2D eigenvalue weighted by atomic mass is 32.2. The minimum absolute atomic E-state index is 0.121. The first-order chi connectivity index (χ1) is 17.7. The number of thiophene rings is 1. The fourth-order valence-corrected chi connectivity index (χ4v) is 6.24. The van der Waals surface area contributed by atoms with Crippen molar-refractivity contribution in [2.75, 3.05) is 26.6 Å². The normalized spacial score (nSPS) is 12.3. The number of methoxy groups -OCH3 is 2. The Morgan fingerprint density at radius 2 is 1.68 bits per heavy atom. The van der Waals surface area contributed by atoms with Crippen molar-refractivity contribution in [2.45, 2.75) is 17.4 Å². The van der Waals surface area contributed by atoms with Crippen LogP contribution in [0.15, 0.2) is 83.8 Å². The van der Waals surface area contributed by atoms with Gasteiger partial charge in [-0.05, 0) is 59.5 Å². The summed E-state index contributed by atoms with van der Waals surface area (Å²) in [5, 5.41) is 3.65. The van der Waals surface area contributed by atoms with Crippen molar-refractivity contribution in [2.24, 2.45) is 0 Å². The molecule has 192 valence electrons. The number of hydrogen-bond donors (Lipinski definition) is 1. The molecule has 0 aliphatic heterocycles. The monoisotopic (exact) mass is 538 g/mol. The van der Waals surface area contributed by atoms with Crippen molar-refractivity contribution in [3.63, 3.8) is 0 Å². The molecule has 0 radical (unpaired) electrons. The Hall–Kier alpha value is -3.73. The van der Waals surface area contributed by atoms with Crippen LogP contribution >= 0.6 is 11.3 Å². The molecule has 8 nitrogen and oxygen atoms in total. The predicted molar refractivity (Wildman–Crippen MR) is 144 cm³/mol. The summed E-state index contributed by atoms with van der Waals surface area (Å²) in [4.78, 5) is 25.6. The van der Waals surface area contributed by atoms with Crippen molar-refractivity contribution in [1.82, 2.24) is 4.31 Å². The Morgan fingerprint density at radius 1 is 0.973 bits per heavy atom. The van der Waals surface area contributed by atoms with Gasteiger partial charge in [0.05, 0.1) is 25.2 Å². The summed E-state index contributed by atoms with van der Waals surface area (Å²) in [6, 6.07) is 21.3. The van der Waals surface area contributed by atoms with E-state index < -0.39 is 22.0 Å². The smallest absolute Gasteiger partial charge is 0.348 e. The van der Waals surface area contributed by atoms with E-state index in [9.17, 15) is 18.0 Å². The van der Waals surface area contributed by atoms with E-state index in [2.05, 4.69) is 5.32 Å². The molecular weight excluding hydrogens is 512 g/mol. The number of nitrogens with one attached hydrogen (secondary N) is 1. The molecule has 1 N–H and O–H groups in total. The molecule has 0 aliphatic rings. The maximum atomic E-state index is 13.4. The van der Waals surface area contributed by atoms with E-state index in [0.717, 1.165) is 10.1 Å². The topological polar surface area (TPSA) is 102 Å². The van der Waals surface area contributed by atoms with Crippen LogP contribution in [0.4, 0.5) is 5.69 Å². The Morgan fingerprint density at radius 3 is 2.32 bits per heavy atom. The first-order valence-electron chi connectivity index (χ1n) is 11.3. The van der Waals surface area contributed by atoms with Crippen LogP contribution in [0.25, 0.3) is 10.1 Å². The van der Waals surface area contributed by atoms with Crippen LogP contribution < -0.4 is 10.1 Å². The lowest BCUT2D eigenvalue weighted by Gasteiger charge is -2.28. The molecule has 1 heterocycles. The van der Waals surface area contributed by atoms with Crippen LogP contribution in [0.1, 0.15) is 27.7 Å². The zero-order valence-electron chi connectivity index (χ0n) is 20.5. The van der Waals surface area contributed by atoms with Crippen LogP contribution in [0.3, 0.4) is 0 Å². The van der Waals surface area contributed by atoms with Gasteiger partial charge in [-0.3, -0.25) is 4.79 Å². The van der Waals surface area contributed by atoms with E-state index in [4.69, 9.17) is 9.47 Å². The van der Waals surface area contributed by atoms with Crippen LogP contribution in [0.5, 0.6) is 5.75 Å². The lowest BCUT2D eigenvalue weighted by atomic mass is 10.0. The summed E-state index contributed by atoms with van der Waals surface area (Å²) >= 11 is 1.30. The summed E-state index contributed by atoms with van der Waals surface area (Å²) in [6.45, 7) is 0. The molecule has 0 saturated heterocycles. The molecule has 3 aromatic carbocycles. The average Bonchev–Trinajstić information content (AvgIpc) is 3.35. The molecule has 4 aromatic rings. The molecule has 37 heavy (non-hydrogen) atoms. The van der Waals surface area contributed by atoms with Crippen LogP contribution in [0, 0.1) is 0 Å². The highest BCUT2D eigenvalue weighted by Crippen LogP contribution is 2.32. The Labute approximate surface area is 219 Å². The van der Waals surface area contributed by atoms with E-state index in [0.29, 0.717) is 21.9 Å². The van der Waals surface area contributed by atoms with Gasteiger partial charge in [0.15, 0.2) is 0 Å². The van der Waals surface area contributed by atoms with E-state index in [1.54, 1.807) is 67.8 Å². The van der Waals surface area contributed by atoms with Crippen molar-refractivity contribution in [3.8, 4) is 5.75 Å². The molecule has 10 heteroatoms. The van der Waals surface area contributed by atoms with Gasteiger partial charge in [0, 0.05) is 23.9 Å². The van der Waals surface area contributed by atoms with Gasteiger partial charge in [-0.25, -0.2) is 13.2 Å². The number of esters is 1. The number of carbonyl (C=O) groups excluding carboxylic acids is 2. The number of anilines is 1. The number of rotatable bonds is 9. The van der Waals surface area contributed by atoms with Crippen LogP contribution in [-0.4, -0.2) is 45.9 Å². The first kappa shape index (κ1) is 26.3. The van der Waals surface area contributed by atoms with Crippen LogP contribution in [-0.2, 0) is 19.6 Å². The second kappa shape index (κ2) is 11.1. The molecular formula is C27H26N2O6S2. The summed E-state index contributed by atoms with van der Waals surface area (Å²) in [5.41, 5.74) is 1.18. The number of carbonyl (C=O) groups is 2. The van der Waals surface area contributed by atoms with Gasteiger partial charge in [-0.2, -0.15) is 4.31 Å². The van der Waals surface area contributed by atoms with Crippen molar-refractivity contribution < 1.29 is 27.5 Å². The van der Waals surface area contributed by atoms with Gasteiger partial charge < -0.3 is 14.8 Å². The number of sulfonamides is 1. The number of fused-ring (bicyclic) bond motifs is 1. The minimum Gasteiger partial charge on any atom is -0.497 e. The SMILES string of the molecule is COC(=O)c1cc2cc(NC(=O)C[C@H](c3ccc(OC)cc3)N(C)S(=O)(=O)c3ccccc3)ccc2s1. The fraction of sp³-hybridized carbons (Fsp3) is 0.185. The summed E-state index contributed by atoms with van der Waals surface area (Å²) in [7, 11) is 0.463. The standard InChI is InChI=1S/C27H26N2O6S2/c1-29(37(32,33)22-7-5-4-6-8-22)23(18-9-12-21(34-2)13-10-18)17-26(30)28-20-11-14-24-19(15-20)16-25(36-24)27(31)35-3/h4-16,23H,17H2,1-3H3,(H,28,30)/t23-/m1/s1. The van der Waals surface area contributed by atoms with Crippen molar-refractivity contribution >= 4 is 49.0 Å². The van der Waals surface area contributed by atoms with Gasteiger partial charge in [0.2, 0.25) is 15.9 Å². The van der Waals surface area contributed by atoms with Crippen molar-refractivity contribution in [3.05, 3.63) is 89.3 Å². The second-order valence-electron chi connectivity index (χ2n) is 8.23. The fourth-order valence-electron chi connectivity index (χ4n) is 3.92. The van der Waals surface area contributed by atoms with Crippen LogP contribution in [0.2, 0.25) is 0 Å². The molecule has 0 fully saturated rings. The van der Waals surface area contributed by atoms with E-state index in [-0.39, 0.29) is 17.2 Å². The van der Waals surface area contributed by atoms with E-state index >= 15 is 0 Å². The van der Waals surface area contributed by atoms with Gasteiger partial charge >= 0.3 is 5.97 Å². The number of nitrogens with zero attached hydrogens (tertiary/aromatic N) is 1. The lowest BCUT2D eigenvalue weighted by Crippen LogP contribution is -2.33. The molecule has 0 bridgehead atoms. The highest BCUT2D eigenvalue weighted by Gasteiger charge is 2.31. The summed E-state index contributed by atoms with van der Waals surface area (Å²) in [6.07, 6.45) is -0.121. The third-order valence-electron chi connectivity index (χ3n) is 5.93. The predicted octanol–water partition coefficient (Wildman–Crippen LogP) is 5.09. The summed E-state index contributed by atoms with van der Waals surface area (Å²) < 4.78 is 38.8. The lowest BCUT2D eigenvalue weighted by molar-refractivity contribution is -0.117. The molecule has 0 unspecified atom stereocenters. The highest BCUT2D eigenvalue weighted by molar-refractivity contribution is 7.89. The molecule has 0 aliphatic carbocycles. The quantitative estimate of drug-likeness (QED) is 0.298. The van der Waals surface area contributed by atoms with Gasteiger partial charge in [0.1, 0.15) is 10.6 Å². The molecule has 1 atom stereocenters. The van der Waals surface area contributed by atoms with Gasteiger partial charge in [-0.1, -0.05) is 30.3 Å². The number of amides is 1. The van der Waals surface area contributed by atoms with Crippen molar-refractivity contribution in [1.29, 1.82) is 0 Å².